The Morgan fingerprint density at radius 3 is 2.75 bits per heavy atom. The van der Waals surface area contributed by atoms with Gasteiger partial charge in [0.25, 0.3) is 0 Å². The third kappa shape index (κ3) is 3.17. The summed E-state index contributed by atoms with van der Waals surface area (Å²) in [5.74, 6) is 1.93. The standard InChI is InChI=1S/C18H21N7O3/c1-23(2)13-5-4-11(8-19-13)15-22-14-16(24(15)3)20-10-21-17(14)28-12-6-7-25(9-12)18(26)27/h4-5,8,10,12H,6-7,9H2,1-3H3,(H,26,27). The molecule has 0 aromatic carbocycles. The van der Waals surface area contributed by atoms with Gasteiger partial charge in [-0.05, 0) is 12.1 Å². The zero-order valence-electron chi connectivity index (χ0n) is 15.9. The van der Waals surface area contributed by atoms with Crippen LogP contribution >= 0.6 is 0 Å². The van der Waals surface area contributed by atoms with Gasteiger partial charge in [0.15, 0.2) is 11.2 Å². The highest BCUT2D eigenvalue weighted by Crippen LogP contribution is 2.28. The van der Waals surface area contributed by atoms with E-state index < -0.39 is 6.09 Å². The molecule has 0 saturated carbocycles. The first-order valence-electron chi connectivity index (χ1n) is 8.89. The quantitative estimate of drug-likeness (QED) is 0.724. The highest BCUT2D eigenvalue weighted by molar-refractivity contribution is 5.81. The fraction of sp³-hybridized carbons (Fsp3) is 0.389. The number of rotatable bonds is 4. The van der Waals surface area contributed by atoms with Crippen molar-refractivity contribution in [2.24, 2.45) is 7.05 Å². The Kier molecular flexibility index (Phi) is 4.46. The highest BCUT2D eigenvalue weighted by Gasteiger charge is 2.28. The second kappa shape index (κ2) is 6.95. The van der Waals surface area contributed by atoms with Crippen LogP contribution in [0, 0.1) is 0 Å². The molecule has 1 saturated heterocycles. The van der Waals surface area contributed by atoms with Gasteiger partial charge in [-0.25, -0.2) is 19.7 Å². The van der Waals surface area contributed by atoms with E-state index in [1.165, 1.54) is 11.2 Å². The molecule has 1 unspecified atom stereocenters. The van der Waals surface area contributed by atoms with Gasteiger partial charge >= 0.3 is 6.09 Å². The van der Waals surface area contributed by atoms with Crippen molar-refractivity contribution in [3.05, 3.63) is 24.7 Å². The average Bonchev–Trinajstić information content (AvgIpc) is 3.28. The van der Waals surface area contributed by atoms with E-state index in [2.05, 4.69) is 19.9 Å². The van der Waals surface area contributed by atoms with E-state index in [0.717, 1.165) is 11.4 Å². The molecule has 3 aromatic heterocycles. The lowest BCUT2D eigenvalue weighted by Crippen LogP contribution is -2.29. The fourth-order valence-corrected chi connectivity index (χ4v) is 3.26. The summed E-state index contributed by atoms with van der Waals surface area (Å²) in [5, 5.41) is 9.11. The molecule has 4 heterocycles. The van der Waals surface area contributed by atoms with Gasteiger partial charge in [-0.15, -0.1) is 0 Å². The fourth-order valence-electron chi connectivity index (χ4n) is 3.26. The Morgan fingerprint density at radius 2 is 2.11 bits per heavy atom. The third-order valence-electron chi connectivity index (χ3n) is 4.78. The maximum Gasteiger partial charge on any atom is 0.407 e. The van der Waals surface area contributed by atoms with Gasteiger partial charge in [0.2, 0.25) is 5.88 Å². The molecule has 3 aromatic rings. The van der Waals surface area contributed by atoms with Gasteiger partial charge in [-0.3, -0.25) is 0 Å². The smallest absolute Gasteiger partial charge is 0.407 e. The van der Waals surface area contributed by atoms with Crippen LogP contribution in [0.15, 0.2) is 24.7 Å². The molecule has 1 aliphatic heterocycles. The molecule has 10 heteroatoms. The van der Waals surface area contributed by atoms with Crippen molar-refractivity contribution in [1.29, 1.82) is 0 Å². The second-order valence-electron chi connectivity index (χ2n) is 6.90. The molecule has 0 spiro atoms. The maximum atomic E-state index is 11.1. The molecule has 1 N–H and O–H groups in total. The summed E-state index contributed by atoms with van der Waals surface area (Å²) >= 11 is 0. The van der Waals surface area contributed by atoms with Crippen LogP contribution in [0.5, 0.6) is 5.88 Å². The largest absolute Gasteiger partial charge is 0.471 e. The molecular weight excluding hydrogens is 362 g/mol. The number of nitrogens with zero attached hydrogens (tertiary/aromatic N) is 7. The molecule has 1 aliphatic rings. The van der Waals surface area contributed by atoms with Crippen molar-refractivity contribution in [3.8, 4) is 17.3 Å². The van der Waals surface area contributed by atoms with Crippen LogP contribution in [0.4, 0.5) is 10.6 Å². The lowest BCUT2D eigenvalue weighted by atomic mass is 10.2. The van der Waals surface area contributed by atoms with E-state index in [1.807, 2.05) is 42.7 Å². The van der Waals surface area contributed by atoms with Crippen molar-refractivity contribution in [2.45, 2.75) is 12.5 Å². The Labute approximate surface area is 161 Å². The molecule has 1 atom stereocenters. The number of aromatic nitrogens is 5. The van der Waals surface area contributed by atoms with Crippen molar-refractivity contribution >= 4 is 23.1 Å². The Morgan fingerprint density at radius 1 is 1.29 bits per heavy atom. The molecule has 0 radical (unpaired) electrons. The van der Waals surface area contributed by atoms with Gasteiger partial charge < -0.3 is 24.2 Å². The molecule has 1 fully saturated rings. The van der Waals surface area contributed by atoms with Crippen LogP contribution < -0.4 is 9.64 Å². The van der Waals surface area contributed by atoms with Crippen LogP contribution in [-0.2, 0) is 7.05 Å². The topological polar surface area (TPSA) is 110 Å². The van der Waals surface area contributed by atoms with E-state index in [1.54, 1.807) is 6.20 Å². The van der Waals surface area contributed by atoms with E-state index in [0.29, 0.717) is 42.4 Å². The van der Waals surface area contributed by atoms with E-state index >= 15 is 0 Å². The maximum absolute atomic E-state index is 11.1. The second-order valence-corrected chi connectivity index (χ2v) is 6.90. The van der Waals surface area contributed by atoms with Crippen LogP contribution in [-0.4, -0.2) is 73.9 Å². The summed E-state index contributed by atoms with van der Waals surface area (Å²) in [6.07, 6.45) is 2.63. The van der Waals surface area contributed by atoms with E-state index in [9.17, 15) is 4.79 Å². The molecule has 4 rings (SSSR count). The predicted octanol–water partition coefficient (Wildman–Crippen LogP) is 1.62. The van der Waals surface area contributed by atoms with Crippen molar-refractivity contribution in [3.63, 3.8) is 0 Å². The molecule has 10 nitrogen and oxygen atoms in total. The van der Waals surface area contributed by atoms with Crippen LogP contribution in [0.1, 0.15) is 6.42 Å². The van der Waals surface area contributed by atoms with Crippen molar-refractivity contribution in [1.82, 2.24) is 29.4 Å². The Balaban J connectivity index is 1.65. The molecule has 146 valence electrons. The van der Waals surface area contributed by atoms with Gasteiger partial charge in [-0.1, -0.05) is 0 Å². The summed E-state index contributed by atoms with van der Waals surface area (Å²) in [6, 6.07) is 3.88. The molecule has 0 bridgehead atoms. The predicted molar refractivity (Wildman–Crippen MR) is 102 cm³/mol. The lowest BCUT2D eigenvalue weighted by Gasteiger charge is -2.13. The lowest BCUT2D eigenvalue weighted by molar-refractivity contribution is 0.145. The summed E-state index contributed by atoms with van der Waals surface area (Å²) in [7, 11) is 5.75. The molecule has 1 amide bonds. The van der Waals surface area contributed by atoms with Crippen molar-refractivity contribution in [2.75, 3.05) is 32.1 Å². The zero-order chi connectivity index (χ0) is 19.8. The first kappa shape index (κ1) is 18.0. The number of likely N-dealkylation sites (tertiary alicyclic amines) is 1. The number of carboxylic acid groups (broad SMARTS) is 1. The zero-order valence-corrected chi connectivity index (χ0v) is 15.9. The first-order chi connectivity index (χ1) is 13.4. The first-order valence-corrected chi connectivity index (χ1v) is 8.89. The number of amides is 1. The number of fused-ring (bicyclic) bond motifs is 1. The monoisotopic (exact) mass is 383 g/mol. The summed E-state index contributed by atoms with van der Waals surface area (Å²) in [6.45, 7) is 0.766. The number of aryl methyl sites for hydroxylation is 1. The van der Waals surface area contributed by atoms with Gasteiger partial charge in [0.05, 0.1) is 6.54 Å². The van der Waals surface area contributed by atoms with Crippen LogP contribution in [0.2, 0.25) is 0 Å². The molecular formula is C18H21N7O3. The minimum absolute atomic E-state index is 0.249. The van der Waals surface area contributed by atoms with Gasteiger partial charge in [0, 0.05) is 45.9 Å². The number of hydrogen-bond donors (Lipinski definition) is 1. The normalized spacial score (nSPS) is 16.5. The number of imidazole rings is 1. The number of pyridine rings is 1. The van der Waals surface area contributed by atoms with Gasteiger partial charge in [0.1, 0.15) is 24.1 Å². The third-order valence-corrected chi connectivity index (χ3v) is 4.78. The molecule has 0 aliphatic carbocycles. The minimum Gasteiger partial charge on any atom is -0.471 e. The number of hydrogen-bond acceptors (Lipinski definition) is 7. The van der Waals surface area contributed by atoms with Crippen LogP contribution in [0.3, 0.4) is 0 Å². The van der Waals surface area contributed by atoms with Gasteiger partial charge in [-0.2, -0.15) is 4.98 Å². The number of anilines is 1. The minimum atomic E-state index is -0.937. The Hall–Kier alpha value is -3.43. The Bertz CT molecular complexity index is 1020. The SMILES string of the molecule is CN(C)c1ccc(-c2nc3c(OC4CCN(C(=O)O)C4)ncnc3n2C)cn1. The summed E-state index contributed by atoms with van der Waals surface area (Å²) in [5.41, 5.74) is 2.05. The van der Waals surface area contributed by atoms with Crippen LogP contribution in [0.25, 0.3) is 22.6 Å². The highest BCUT2D eigenvalue weighted by atomic mass is 16.5. The summed E-state index contributed by atoms with van der Waals surface area (Å²) in [4.78, 5) is 32.0. The van der Waals surface area contributed by atoms with E-state index in [4.69, 9.17) is 9.84 Å². The number of carbonyl (C=O) groups is 1. The van der Waals surface area contributed by atoms with Crippen molar-refractivity contribution < 1.29 is 14.6 Å². The summed E-state index contributed by atoms with van der Waals surface area (Å²) < 4.78 is 7.84. The van der Waals surface area contributed by atoms with E-state index in [-0.39, 0.29) is 6.10 Å². The average molecular weight is 383 g/mol. The number of ether oxygens (including phenoxy) is 1. The molecule has 28 heavy (non-hydrogen) atoms.